The van der Waals surface area contributed by atoms with Crippen LogP contribution in [0.1, 0.15) is 47.1 Å². The molecule has 1 amide bonds. The number of nitrogens with one attached hydrogen (secondary N) is 1. The van der Waals surface area contributed by atoms with Gasteiger partial charge in [0.1, 0.15) is 13.2 Å². The van der Waals surface area contributed by atoms with Crippen molar-refractivity contribution in [1.29, 1.82) is 0 Å². The zero-order valence-corrected chi connectivity index (χ0v) is 18.0. The number of para-hydroxylation sites is 1. The summed E-state index contributed by atoms with van der Waals surface area (Å²) >= 11 is 0. The van der Waals surface area contributed by atoms with E-state index in [1.807, 2.05) is 49.4 Å². The molecule has 0 saturated heterocycles. The minimum Gasteiger partial charge on any atom is -0.486 e. The Labute approximate surface area is 182 Å². The smallest absolute Gasteiger partial charge is 0.252 e. The molecule has 0 radical (unpaired) electrons. The highest BCUT2D eigenvalue weighted by molar-refractivity contribution is 6.07. The van der Waals surface area contributed by atoms with Gasteiger partial charge in [-0.05, 0) is 37.2 Å². The fourth-order valence-corrected chi connectivity index (χ4v) is 4.46. The summed E-state index contributed by atoms with van der Waals surface area (Å²) in [6.45, 7) is 7.95. The fourth-order valence-electron chi connectivity index (χ4n) is 4.46. The minimum atomic E-state index is -0.170. The summed E-state index contributed by atoms with van der Waals surface area (Å²) in [4.78, 5) is 20.8. The summed E-state index contributed by atoms with van der Waals surface area (Å²) in [5.41, 5.74) is 4.71. The van der Waals surface area contributed by atoms with E-state index >= 15 is 0 Å². The predicted molar refractivity (Wildman–Crippen MR) is 120 cm³/mol. The van der Waals surface area contributed by atoms with Crippen molar-refractivity contribution in [1.82, 2.24) is 15.2 Å². The number of amides is 1. The third kappa shape index (κ3) is 3.72. The first-order valence-electron chi connectivity index (χ1n) is 11.0. The molecule has 2 aromatic carbocycles. The first-order valence-corrected chi connectivity index (χ1v) is 11.0. The number of carbonyl (C=O) groups is 1. The van der Waals surface area contributed by atoms with Gasteiger partial charge in [-0.3, -0.25) is 14.7 Å². The zero-order chi connectivity index (χ0) is 21.4. The van der Waals surface area contributed by atoms with Crippen molar-refractivity contribution in [3.05, 3.63) is 64.8 Å². The summed E-state index contributed by atoms with van der Waals surface area (Å²) in [5.74, 6) is 1.42. The van der Waals surface area contributed by atoms with Gasteiger partial charge in [0, 0.05) is 36.2 Å². The van der Waals surface area contributed by atoms with Crippen LogP contribution in [0.2, 0.25) is 0 Å². The number of carbonyl (C=O) groups excluding carboxylic acids is 1. The average molecular weight is 418 g/mol. The Bertz CT molecular complexity index is 1140. The molecular weight excluding hydrogens is 390 g/mol. The summed E-state index contributed by atoms with van der Waals surface area (Å²) in [6.07, 6.45) is 0.867. The van der Waals surface area contributed by atoms with E-state index in [0.717, 1.165) is 70.8 Å². The van der Waals surface area contributed by atoms with Gasteiger partial charge in [0.05, 0.1) is 17.1 Å². The van der Waals surface area contributed by atoms with Crippen LogP contribution in [0.15, 0.2) is 42.5 Å². The molecule has 0 saturated carbocycles. The number of aromatic nitrogens is 1. The summed E-state index contributed by atoms with van der Waals surface area (Å²) in [5, 5.41) is 4.12. The topological polar surface area (TPSA) is 63.7 Å². The van der Waals surface area contributed by atoms with Gasteiger partial charge in [0.15, 0.2) is 11.5 Å². The molecule has 6 heteroatoms. The number of ether oxygens (including phenoxy) is 2. The van der Waals surface area contributed by atoms with E-state index in [2.05, 4.69) is 17.1 Å². The molecule has 2 aliphatic rings. The Morgan fingerprint density at radius 2 is 1.97 bits per heavy atom. The van der Waals surface area contributed by atoms with Crippen molar-refractivity contribution in [2.45, 2.75) is 32.9 Å². The fraction of sp³-hybridized carbons (Fsp3) is 0.360. The number of benzene rings is 2. The van der Waals surface area contributed by atoms with E-state index in [1.165, 1.54) is 0 Å². The second-order valence-electron chi connectivity index (χ2n) is 8.15. The third-order valence-electron chi connectivity index (χ3n) is 6.21. The maximum absolute atomic E-state index is 13.6. The largest absolute Gasteiger partial charge is 0.486 e. The Morgan fingerprint density at radius 1 is 1.16 bits per heavy atom. The van der Waals surface area contributed by atoms with E-state index in [1.54, 1.807) is 0 Å². The number of pyridine rings is 1. The molecule has 1 atom stereocenters. The standard InChI is InChI=1S/C25H27N3O3/c1-3-28-11-10-21-19(15-28)24(18-6-4-5-7-20(18)27-21)25(29)26-16(2)17-8-9-22-23(14-17)31-13-12-30-22/h4-9,14,16H,3,10-13,15H2,1-2H3,(H,26,29). The van der Waals surface area contributed by atoms with Gasteiger partial charge in [-0.1, -0.05) is 31.2 Å². The maximum atomic E-state index is 13.6. The molecule has 0 aliphatic carbocycles. The van der Waals surface area contributed by atoms with Gasteiger partial charge in [0.2, 0.25) is 0 Å². The number of nitrogens with zero attached hydrogens (tertiary/aromatic N) is 2. The van der Waals surface area contributed by atoms with Crippen LogP contribution in [0.5, 0.6) is 11.5 Å². The molecule has 3 aromatic rings. The van der Waals surface area contributed by atoms with Gasteiger partial charge in [-0.25, -0.2) is 0 Å². The van der Waals surface area contributed by atoms with Gasteiger partial charge in [0.25, 0.3) is 5.91 Å². The highest BCUT2D eigenvalue weighted by Crippen LogP contribution is 2.33. The molecule has 1 unspecified atom stereocenters. The Hall–Kier alpha value is -3.12. The van der Waals surface area contributed by atoms with E-state index in [0.29, 0.717) is 13.2 Å². The van der Waals surface area contributed by atoms with Crippen LogP contribution in [-0.4, -0.2) is 42.1 Å². The molecule has 1 aromatic heterocycles. The van der Waals surface area contributed by atoms with Gasteiger partial charge < -0.3 is 14.8 Å². The number of likely N-dealkylation sites (N-methyl/N-ethyl adjacent to an activating group) is 1. The molecule has 3 heterocycles. The van der Waals surface area contributed by atoms with Crippen LogP contribution in [0.3, 0.4) is 0 Å². The van der Waals surface area contributed by atoms with Crippen LogP contribution >= 0.6 is 0 Å². The van der Waals surface area contributed by atoms with Crippen LogP contribution < -0.4 is 14.8 Å². The molecule has 2 aliphatic heterocycles. The highest BCUT2D eigenvalue weighted by Gasteiger charge is 2.26. The van der Waals surface area contributed by atoms with Crippen molar-refractivity contribution in [3.63, 3.8) is 0 Å². The normalized spacial score (nSPS) is 16.6. The van der Waals surface area contributed by atoms with E-state index in [9.17, 15) is 4.79 Å². The SMILES string of the molecule is CCN1CCc2nc3ccccc3c(C(=O)NC(C)c3ccc4c(c3)OCCO4)c2C1. The van der Waals surface area contributed by atoms with E-state index < -0.39 is 0 Å². The second-order valence-corrected chi connectivity index (χ2v) is 8.15. The lowest BCUT2D eigenvalue weighted by Crippen LogP contribution is -2.34. The Morgan fingerprint density at radius 3 is 2.81 bits per heavy atom. The summed E-state index contributed by atoms with van der Waals surface area (Å²) in [7, 11) is 0. The number of rotatable bonds is 4. The van der Waals surface area contributed by atoms with Crippen molar-refractivity contribution >= 4 is 16.8 Å². The van der Waals surface area contributed by atoms with Crippen LogP contribution in [0.25, 0.3) is 10.9 Å². The molecule has 0 spiro atoms. The van der Waals surface area contributed by atoms with Crippen LogP contribution in [-0.2, 0) is 13.0 Å². The monoisotopic (exact) mass is 417 g/mol. The lowest BCUT2D eigenvalue weighted by atomic mass is 9.94. The number of fused-ring (bicyclic) bond motifs is 3. The third-order valence-corrected chi connectivity index (χ3v) is 6.21. The maximum Gasteiger partial charge on any atom is 0.252 e. The van der Waals surface area contributed by atoms with Gasteiger partial charge in [-0.15, -0.1) is 0 Å². The molecular formula is C25H27N3O3. The molecule has 1 N–H and O–H groups in total. The molecule has 0 bridgehead atoms. The highest BCUT2D eigenvalue weighted by atomic mass is 16.6. The first kappa shape index (κ1) is 19.8. The number of hydrogen-bond acceptors (Lipinski definition) is 5. The lowest BCUT2D eigenvalue weighted by Gasteiger charge is -2.29. The minimum absolute atomic E-state index is 0.0600. The first-order chi connectivity index (χ1) is 15.1. The quantitative estimate of drug-likeness (QED) is 0.698. The molecule has 0 fully saturated rings. The van der Waals surface area contributed by atoms with Crippen molar-refractivity contribution in [2.75, 3.05) is 26.3 Å². The predicted octanol–water partition coefficient (Wildman–Crippen LogP) is 3.88. The molecule has 5 rings (SSSR count). The van der Waals surface area contributed by atoms with Crippen molar-refractivity contribution < 1.29 is 14.3 Å². The van der Waals surface area contributed by atoms with E-state index in [4.69, 9.17) is 14.5 Å². The Kier molecular flexibility index (Phi) is 5.24. The summed E-state index contributed by atoms with van der Waals surface area (Å²) < 4.78 is 11.3. The van der Waals surface area contributed by atoms with E-state index in [-0.39, 0.29) is 11.9 Å². The molecule has 160 valence electrons. The molecule has 6 nitrogen and oxygen atoms in total. The van der Waals surface area contributed by atoms with Gasteiger partial charge in [-0.2, -0.15) is 0 Å². The van der Waals surface area contributed by atoms with Crippen LogP contribution in [0.4, 0.5) is 0 Å². The number of hydrogen-bond donors (Lipinski definition) is 1. The second kappa shape index (κ2) is 8.19. The van der Waals surface area contributed by atoms with Gasteiger partial charge >= 0.3 is 0 Å². The molecule has 31 heavy (non-hydrogen) atoms. The summed E-state index contributed by atoms with van der Waals surface area (Å²) in [6, 6.07) is 13.6. The van der Waals surface area contributed by atoms with Crippen molar-refractivity contribution in [3.8, 4) is 11.5 Å². The average Bonchev–Trinajstić information content (AvgIpc) is 2.81. The zero-order valence-electron chi connectivity index (χ0n) is 18.0. The van der Waals surface area contributed by atoms with Crippen molar-refractivity contribution in [2.24, 2.45) is 0 Å². The lowest BCUT2D eigenvalue weighted by molar-refractivity contribution is 0.0938. The van der Waals surface area contributed by atoms with Crippen LogP contribution in [0, 0.1) is 0 Å². The Balaban J connectivity index is 1.49.